The third-order valence-electron chi connectivity index (χ3n) is 2.80. The van der Waals surface area contributed by atoms with Gasteiger partial charge in [0.25, 0.3) is 0 Å². The van der Waals surface area contributed by atoms with E-state index in [2.05, 4.69) is 49.3 Å². The van der Waals surface area contributed by atoms with E-state index in [1.54, 1.807) is 0 Å². The summed E-state index contributed by atoms with van der Waals surface area (Å²) in [4.78, 5) is 0. The Bertz CT molecular complexity index is 134. The van der Waals surface area contributed by atoms with Crippen LogP contribution in [0.1, 0.15) is 40.5 Å². The van der Waals surface area contributed by atoms with E-state index >= 15 is 0 Å². The Morgan fingerprint density at radius 1 is 1.33 bits per heavy atom. The van der Waals surface area contributed by atoms with Gasteiger partial charge < -0.3 is 0 Å². The van der Waals surface area contributed by atoms with E-state index in [-0.39, 0.29) is 0 Å². The molecule has 0 N–H and O–H groups in total. The van der Waals surface area contributed by atoms with Crippen LogP contribution in [0.4, 0.5) is 0 Å². The summed E-state index contributed by atoms with van der Waals surface area (Å²) in [6, 6.07) is 0. The quantitative estimate of drug-likeness (QED) is 0.618. The SMILES string of the molecule is CCC1CC(C(C)C)SSC1C. The minimum Gasteiger partial charge on any atom is -0.0904 e. The van der Waals surface area contributed by atoms with Gasteiger partial charge in [0.05, 0.1) is 0 Å². The summed E-state index contributed by atoms with van der Waals surface area (Å²) < 4.78 is 0. The van der Waals surface area contributed by atoms with E-state index in [0.717, 1.165) is 22.3 Å². The van der Waals surface area contributed by atoms with E-state index in [9.17, 15) is 0 Å². The highest BCUT2D eigenvalue weighted by Crippen LogP contribution is 2.47. The second-order valence-electron chi connectivity index (χ2n) is 4.08. The largest absolute Gasteiger partial charge is 0.0904 e. The summed E-state index contributed by atoms with van der Waals surface area (Å²) in [5, 5.41) is 1.77. The van der Waals surface area contributed by atoms with Gasteiger partial charge in [0, 0.05) is 10.5 Å². The highest BCUT2D eigenvalue weighted by molar-refractivity contribution is 8.77. The molecule has 1 rings (SSSR count). The Balaban J connectivity index is 2.44. The standard InChI is InChI=1S/C10H20S2/c1-5-9-6-10(7(2)3)12-11-8(9)4/h7-10H,5-6H2,1-4H3. The Kier molecular flexibility index (Phi) is 4.31. The normalized spacial score (nSPS) is 37.2. The lowest BCUT2D eigenvalue weighted by atomic mass is 9.93. The minimum absolute atomic E-state index is 0.851. The highest BCUT2D eigenvalue weighted by Gasteiger charge is 2.29. The molecular weight excluding hydrogens is 184 g/mol. The van der Waals surface area contributed by atoms with Gasteiger partial charge in [-0.05, 0) is 18.3 Å². The van der Waals surface area contributed by atoms with Crippen molar-refractivity contribution in [2.75, 3.05) is 0 Å². The molecular formula is C10H20S2. The monoisotopic (exact) mass is 204 g/mol. The van der Waals surface area contributed by atoms with Crippen LogP contribution in [0.2, 0.25) is 0 Å². The Hall–Kier alpha value is 0.700. The predicted octanol–water partition coefficient (Wildman–Crippen LogP) is 4.21. The molecule has 12 heavy (non-hydrogen) atoms. The van der Waals surface area contributed by atoms with Gasteiger partial charge in [0.2, 0.25) is 0 Å². The van der Waals surface area contributed by atoms with Gasteiger partial charge >= 0.3 is 0 Å². The minimum atomic E-state index is 0.851. The van der Waals surface area contributed by atoms with Crippen LogP contribution in [-0.2, 0) is 0 Å². The molecule has 1 aliphatic rings. The fourth-order valence-corrected chi connectivity index (χ4v) is 5.30. The van der Waals surface area contributed by atoms with Crippen molar-refractivity contribution < 1.29 is 0 Å². The zero-order chi connectivity index (χ0) is 9.14. The molecule has 1 aliphatic heterocycles. The van der Waals surface area contributed by atoms with Gasteiger partial charge in [-0.25, -0.2) is 0 Å². The van der Waals surface area contributed by atoms with Crippen molar-refractivity contribution >= 4 is 21.6 Å². The van der Waals surface area contributed by atoms with Gasteiger partial charge in [-0.15, -0.1) is 0 Å². The first-order valence-corrected chi connectivity index (χ1v) is 7.24. The maximum absolute atomic E-state index is 2.38. The van der Waals surface area contributed by atoms with Gasteiger partial charge in [-0.3, -0.25) is 0 Å². The molecule has 2 heteroatoms. The summed E-state index contributed by atoms with van der Waals surface area (Å²) in [5.74, 6) is 1.81. The van der Waals surface area contributed by atoms with Crippen molar-refractivity contribution in [1.82, 2.24) is 0 Å². The van der Waals surface area contributed by atoms with Gasteiger partial charge in [-0.2, -0.15) is 0 Å². The highest BCUT2D eigenvalue weighted by atomic mass is 33.1. The summed E-state index contributed by atoms with van der Waals surface area (Å²) in [5.41, 5.74) is 0. The summed E-state index contributed by atoms with van der Waals surface area (Å²) in [6.45, 7) is 9.40. The maximum Gasteiger partial charge on any atom is 0.0177 e. The molecule has 0 radical (unpaired) electrons. The average Bonchev–Trinajstić information content (AvgIpc) is 2.05. The molecule has 72 valence electrons. The van der Waals surface area contributed by atoms with E-state index in [4.69, 9.17) is 0 Å². The Morgan fingerprint density at radius 2 is 2.00 bits per heavy atom. The van der Waals surface area contributed by atoms with Crippen LogP contribution in [0.25, 0.3) is 0 Å². The lowest BCUT2D eigenvalue weighted by Gasteiger charge is -2.34. The molecule has 1 saturated heterocycles. The third-order valence-corrected chi connectivity index (χ3v) is 6.57. The first-order valence-electron chi connectivity index (χ1n) is 4.97. The molecule has 3 atom stereocenters. The summed E-state index contributed by atoms with van der Waals surface area (Å²) >= 11 is 0. The van der Waals surface area contributed by atoms with Crippen molar-refractivity contribution in [2.24, 2.45) is 11.8 Å². The van der Waals surface area contributed by atoms with Crippen molar-refractivity contribution in [2.45, 2.75) is 51.0 Å². The van der Waals surface area contributed by atoms with Gasteiger partial charge in [-0.1, -0.05) is 55.7 Å². The van der Waals surface area contributed by atoms with Crippen molar-refractivity contribution in [1.29, 1.82) is 0 Å². The van der Waals surface area contributed by atoms with Crippen LogP contribution in [-0.4, -0.2) is 10.5 Å². The molecule has 1 fully saturated rings. The molecule has 0 aromatic carbocycles. The van der Waals surface area contributed by atoms with Crippen LogP contribution >= 0.6 is 21.6 Å². The van der Waals surface area contributed by atoms with Crippen LogP contribution < -0.4 is 0 Å². The van der Waals surface area contributed by atoms with Crippen LogP contribution in [0.3, 0.4) is 0 Å². The van der Waals surface area contributed by atoms with E-state index < -0.39 is 0 Å². The van der Waals surface area contributed by atoms with E-state index in [0.29, 0.717) is 0 Å². The lowest BCUT2D eigenvalue weighted by Crippen LogP contribution is -2.25. The Morgan fingerprint density at radius 3 is 2.50 bits per heavy atom. The number of rotatable bonds is 2. The fourth-order valence-electron chi connectivity index (χ4n) is 1.65. The summed E-state index contributed by atoms with van der Waals surface area (Å²) in [7, 11) is 4.22. The average molecular weight is 204 g/mol. The first kappa shape index (κ1) is 10.8. The second-order valence-corrected chi connectivity index (χ2v) is 6.97. The second kappa shape index (κ2) is 4.80. The molecule has 1 heterocycles. The van der Waals surface area contributed by atoms with Crippen LogP contribution in [0.5, 0.6) is 0 Å². The van der Waals surface area contributed by atoms with Crippen LogP contribution in [0, 0.1) is 11.8 Å². The summed E-state index contributed by atoms with van der Waals surface area (Å²) in [6.07, 6.45) is 2.80. The topological polar surface area (TPSA) is 0 Å². The van der Waals surface area contributed by atoms with Crippen LogP contribution in [0.15, 0.2) is 0 Å². The van der Waals surface area contributed by atoms with Gasteiger partial charge in [0.1, 0.15) is 0 Å². The molecule has 0 amide bonds. The predicted molar refractivity (Wildman–Crippen MR) is 61.7 cm³/mol. The Labute approximate surface area is 84.7 Å². The zero-order valence-electron chi connectivity index (χ0n) is 8.54. The van der Waals surface area contributed by atoms with Gasteiger partial charge in [0.15, 0.2) is 0 Å². The molecule has 3 unspecified atom stereocenters. The van der Waals surface area contributed by atoms with Crippen molar-refractivity contribution in [3.63, 3.8) is 0 Å². The molecule has 0 nitrogen and oxygen atoms in total. The maximum atomic E-state index is 2.38. The molecule has 0 aromatic heterocycles. The number of hydrogen-bond acceptors (Lipinski definition) is 2. The van der Waals surface area contributed by atoms with Crippen molar-refractivity contribution in [3.8, 4) is 0 Å². The number of hydrogen-bond donors (Lipinski definition) is 0. The third kappa shape index (κ3) is 2.59. The smallest absolute Gasteiger partial charge is 0.0177 e. The zero-order valence-corrected chi connectivity index (χ0v) is 10.2. The fraction of sp³-hybridized carbons (Fsp3) is 1.00. The molecule has 0 saturated carbocycles. The lowest BCUT2D eigenvalue weighted by molar-refractivity contribution is 0.418. The molecule has 0 spiro atoms. The van der Waals surface area contributed by atoms with E-state index in [1.807, 2.05) is 0 Å². The molecule has 0 aliphatic carbocycles. The first-order chi connectivity index (χ1) is 5.65. The molecule has 0 aromatic rings. The molecule has 0 bridgehead atoms. The van der Waals surface area contributed by atoms with E-state index in [1.165, 1.54) is 12.8 Å². The van der Waals surface area contributed by atoms with Crippen molar-refractivity contribution in [3.05, 3.63) is 0 Å².